The van der Waals surface area contributed by atoms with E-state index in [4.69, 9.17) is 9.41 Å². The molecule has 0 bridgehead atoms. The molecule has 7 heteroatoms. The highest BCUT2D eigenvalue weighted by Gasteiger charge is 2.24. The Morgan fingerprint density at radius 2 is 1.87 bits per heavy atom. The first kappa shape index (κ1) is 23.1. The molecule has 0 radical (unpaired) electrons. The smallest absolute Gasteiger partial charge is 0.191 e. The molecule has 1 unspecified atom stereocenters. The second-order valence-electron chi connectivity index (χ2n) is 8.63. The molecule has 3 heterocycles. The molecule has 7 nitrogen and oxygen atoms in total. The Morgan fingerprint density at radius 3 is 2.57 bits per heavy atom. The fraction of sp³-hybridized carbons (Fsp3) is 0.783. The fourth-order valence-electron chi connectivity index (χ4n) is 4.35. The zero-order chi connectivity index (χ0) is 21.0. The van der Waals surface area contributed by atoms with E-state index in [-0.39, 0.29) is 6.04 Å². The summed E-state index contributed by atoms with van der Waals surface area (Å²) >= 11 is 0. The van der Waals surface area contributed by atoms with Crippen LogP contribution in [0.5, 0.6) is 0 Å². The Bertz CT molecular complexity index is 591. The molecular weight excluding hydrogens is 376 g/mol. The van der Waals surface area contributed by atoms with Crippen LogP contribution < -0.4 is 10.6 Å². The maximum Gasteiger partial charge on any atom is 0.191 e. The van der Waals surface area contributed by atoms with E-state index in [9.17, 15) is 0 Å². The first-order valence-corrected chi connectivity index (χ1v) is 12.0. The zero-order valence-corrected chi connectivity index (χ0v) is 19.1. The SMILES string of the molecule is CCNC(=NCC(c1ccco1)N1CCCCC1)NCCCCN1CCN(C)CC1. The van der Waals surface area contributed by atoms with Gasteiger partial charge in [-0.05, 0) is 71.4 Å². The molecule has 1 aromatic heterocycles. The first-order valence-electron chi connectivity index (χ1n) is 12.0. The number of piperidine rings is 1. The minimum absolute atomic E-state index is 0.230. The maximum atomic E-state index is 5.76. The molecule has 2 N–H and O–H groups in total. The highest BCUT2D eigenvalue weighted by molar-refractivity contribution is 5.79. The summed E-state index contributed by atoms with van der Waals surface area (Å²) in [6, 6.07) is 4.31. The number of piperazine rings is 1. The summed E-state index contributed by atoms with van der Waals surface area (Å²) in [5, 5.41) is 6.94. The topological polar surface area (TPSA) is 59.3 Å². The lowest BCUT2D eigenvalue weighted by Crippen LogP contribution is -2.44. The van der Waals surface area contributed by atoms with Gasteiger partial charge in [0.05, 0.1) is 18.8 Å². The zero-order valence-electron chi connectivity index (χ0n) is 19.1. The van der Waals surface area contributed by atoms with E-state index in [2.05, 4.69) is 45.4 Å². The largest absolute Gasteiger partial charge is 0.468 e. The van der Waals surface area contributed by atoms with Crippen LogP contribution in [-0.2, 0) is 0 Å². The fourth-order valence-corrected chi connectivity index (χ4v) is 4.35. The third kappa shape index (κ3) is 7.60. The van der Waals surface area contributed by atoms with Gasteiger partial charge in [-0.1, -0.05) is 6.42 Å². The number of likely N-dealkylation sites (N-methyl/N-ethyl adjacent to an activating group) is 1. The highest BCUT2D eigenvalue weighted by atomic mass is 16.3. The molecule has 170 valence electrons. The van der Waals surface area contributed by atoms with Crippen molar-refractivity contribution < 1.29 is 4.42 Å². The van der Waals surface area contributed by atoms with Gasteiger partial charge in [-0.2, -0.15) is 0 Å². The van der Waals surface area contributed by atoms with Crippen LogP contribution in [-0.4, -0.2) is 93.2 Å². The van der Waals surface area contributed by atoms with Crippen molar-refractivity contribution in [1.29, 1.82) is 0 Å². The van der Waals surface area contributed by atoms with Gasteiger partial charge >= 0.3 is 0 Å². The van der Waals surface area contributed by atoms with Crippen molar-refractivity contribution in [3.8, 4) is 0 Å². The van der Waals surface area contributed by atoms with Crippen LogP contribution in [0.4, 0.5) is 0 Å². The quantitative estimate of drug-likeness (QED) is 0.346. The number of nitrogens with one attached hydrogen (secondary N) is 2. The molecule has 0 aromatic carbocycles. The van der Waals surface area contributed by atoms with Crippen LogP contribution in [0.25, 0.3) is 0 Å². The number of nitrogens with zero attached hydrogens (tertiary/aromatic N) is 4. The van der Waals surface area contributed by atoms with E-state index in [0.29, 0.717) is 0 Å². The highest BCUT2D eigenvalue weighted by Crippen LogP contribution is 2.25. The monoisotopic (exact) mass is 418 g/mol. The summed E-state index contributed by atoms with van der Waals surface area (Å²) in [5.74, 6) is 1.95. The van der Waals surface area contributed by atoms with Crippen molar-refractivity contribution >= 4 is 5.96 Å². The Kier molecular flexibility index (Phi) is 9.99. The van der Waals surface area contributed by atoms with E-state index < -0.39 is 0 Å². The van der Waals surface area contributed by atoms with E-state index in [1.165, 1.54) is 64.8 Å². The van der Waals surface area contributed by atoms with Crippen LogP contribution >= 0.6 is 0 Å². The Hall–Kier alpha value is -1.57. The maximum absolute atomic E-state index is 5.76. The van der Waals surface area contributed by atoms with Crippen molar-refractivity contribution in [2.75, 3.05) is 72.5 Å². The number of rotatable bonds is 10. The molecule has 1 atom stereocenters. The lowest BCUT2D eigenvalue weighted by molar-refractivity contribution is 0.150. The third-order valence-corrected chi connectivity index (χ3v) is 6.26. The van der Waals surface area contributed by atoms with Gasteiger partial charge in [-0.25, -0.2) is 0 Å². The lowest BCUT2D eigenvalue weighted by Gasteiger charge is -2.32. The van der Waals surface area contributed by atoms with Gasteiger partial charge in [-0.15, -0.1) is 0 Å². The summed E-state index contributed by atoms with van der Waals surface area (Å²) < 4.78 is 5.76. The minimum atomic E-state index is 0.230. The van der Waals surface area contributed by atoms with Crippen LogP contribution in [0.15, 0.2) is 27.8 Å². The average molecular weight is 419 g/mol. The van der Waals surface area contributed by atoms with Crippen molar-refractivity contribution in [2.24, 2.45) is 4.99 Å². The van der Waals surface area contributed by atoms with Gasteiger partial charge in [0.2, 0.25) is 0 Å². The number of aliphatic imine (C=N–C) groups is 1. The number of likely N-dealkylation sites (tertiary alicyclic amines) is 1. The Balaban J connectivity index is 1.44. The Labute approximate surface area is 182 Å². The third-order valence-electron chi connectivity index (χ3n) is 6.26. The molecule has 0 aliphatic carbocycles. The summed E-state index contributed by atoms with van der Waals surface area (Å²) in [4.78, 5) is 12.5. The molecule has 2 fully saturated rings. The summed E-state index contributed by atoms with van der Waals surface area (Å²) in [5.41, 5.74) is 0. The van der Waals surface area contributed by atoms with Crippen LogP contribution in [0, 0.1) is 0 Å². The number of hydrogen-bond donors (Lipinski definition) is 2. The van der Waals surface area contributed by atoms with Crippen LogP contribution in [0.1, 0.15) is 50.8 Å². The molecule has 3 rings (SSSR count). The van der Waals surface area contributed by atoms with E-state index in [1.54, 1.807) is 6.26 Å². The molecule has 2 aliphatic heterocycles. The number of unbranched alkanes of at least 4 members (excludes halogenated alkanes) is 1. The van der Waals surface area contributed by atoms with Crippen LogP contribution in [0.2, 0.25) is 0 Å². The van der Waals surface area contributed by atoms with Gasteiger partial charge in [-0.3, -0.25) is 9.89 Å². The predicted octanol–water partition coefficient (Wildman–Crippen LogP) is 2.39. The predicted molar refractivity (Wildman–Crippen MR) is 124 cm³/mol. The van der Waals surface area contributed by atoms with E-state index >= 15 is 0 Å². The molecule has 0 saturated carbocycles. The number of furan rings is 1. The molecule has 1 aromatic rings. The standard InChI is InChI=1S/C23H42N6O/c1-3-24-23(25-11-5-8-12-28-17-15-27(2)16-18-28)26-20-21(22-10-9-19-30-22)29-13-6-4-7-14-29/h9-10,19,21H,3-8,11-18,20H2,1-2H3,(H2,24,25,26). The molecule has 0 spiro atoms. The molecule has 0 amide bonds. The first-order chi connectivity index (χ1) is 14.8. The molecule has 2 aliphatic rings. The summed E-state index contributed by atoms with van der Waals surface area (Å²) in [7, 11) is 2.21. The van der Waals surface area contributed by atoms with Gasteiger partial charge in [0.25, 0.3) is 0 Å². The average Bonchev–Trinajstić information content (AvgIpc) is 3.30. The van der Waals surface area contributed by atoms with Crippen molar-refractivity contribution in [1.82, 2.24) is 25.3 Å². The van der Waals surface area contributed by atoms with Crippen molar-refractivity contribution in [2.45, 2.75) is 45.1 Å². The van der Waals surface area contributed by atoms with Gasteiger partial charge in [0.15, 0.2) is 5.96 Å². The van der Waals surface area contributed by atoms with Gasteiger partial charge in [0.1, 0.15) is 5.76 Å². The van der Waals surface area contributed by atoms with Crippen LogP contribution in [0.3, 0.4) is 0 Å². The Morgan fingerprint density at radius 1 is 1.07 bits per heavy atom. The van der Waals surface area contributed by atoms with Gasteiger partial charge < -0.3 is 24.9 Å². The number of guanidine groups is 1. The van der Waals surface area contributed by atoms with E-state index in [1.807, 2.05) is 6.07 Å². The summed E-state index contributed by atoms with van der Waals surface area (Å²) in [6.45, 7) is 13.0. The normalized spacial score (nSPS) is 20.9. The molecule has 2 saturated heterocycles. The summed E-state index contributed by atoms with van der Waals surface area (Å²) in [6.07, 6.45) is 8.06. The second kappa shape index (κ2) is 13.0. The van der Waals surface area contributed by atoms with Gasteiger partial charge in [0, 0.05) is 39.3 Å². The number of hydrogen-bond acceptors (Lipinski definition) is 5. The molecular formula is C23H42N6O. The molecule has 30 heavy (non-hydrogen) atoms. The van der Waals surface area contributed by atoms with Crippen molar-refractivity contribution in [3.05, 3.63) is 24.2 Å². The van der Waals surface area contributed by atoms with Crippen molar-refractivity contribution in [3.63, 3.8) is 0 Å². The lowest BCUT2D eigenvalue weighted by atomic mass is 10.1. The second-order valence-corrected chi connectivity index (χ2v) is 8.63. The minimum Gasteiger partial charge on any atom is -0.468 e. The van der Waals surface area contributed by atoms with E-state index in [0.717, 1.165) is 44.4 Å².